The maximum Gasteiger partial charge on any atom is 0.394 e. The molecule has 0 fully saturated rings. The molecule has 0 aromatic carbocycles. The van der Waals surface area contributed by atoms with Crippen molar-refractivity contribution in [3.8, 4) is 0 Å². The molecule has 0 bridgehead atoms. The van der Waals surface area contributed by atoms with Crippen LogP contribution < -0.4 is 9.96 Å². The zero-order chi connectivity index (χ0) is 17.9. The minimum atomic E-state index is -4.67. The van der Waals surface area contributed by atoms with Crippen LogP contribution in [0.1, 0.15) is 33.6 Å². The molecule has 11 heteroatoms. The van der Waals surface area contributed by atoms with Crippen molar-refractivity contribution in [3.63, 3.8) is 0 Å². The Labute approximate surface area is 137 Å². The summed E-state index contributed by atoms with van der Waals surface area (Å²) >= 11 is 0. The fraction of sp³-hybridized carbons (Fsp3) is 0.750. The maximum atomic E-state index is 8.74. The van der Waals surface area contributed by atoms with E-state index in [1.165, 1.54) is 6.33 Å². The highest BCUT2D eigenvalue weighted by Crippen LogP contribution is 2.12. The smallest absolute Gasteiger partial charge is 0.341 e. The van der Waals surface area contributed by atoms with Crippen LogP contribution in [0.3, 0.4) is 0 Å². The van der Waals surface area contributed by atoms with Crippen molar-refractivity contribution in [3.05, 3.63) is 6.33 Å². The number of anilines is 2. The van der Waals surface area contributed by atoms with Gasteiger partial charge in [0.1, 0.15) is 6.33 Å². The van der Waals surface area contributed by atoms with Gasteiger partial charge in [0.15, 0.2) is 0 Å². The van der Waals surface area contributed by atoms with Crippen LogP contribution >= 0.6 is 0 Å². The molecule has 0 radical (unpaired) electrons. The monoisotopic (exact) mass is 351 g/mol. The van der Waals surface area contributed by atoms with Crippen molar-refractivity contribution in [1.29, 1.82) is 0 Å². The second-order valence-electron chi connectivity index (χ2n) is 4.44. The molecule has 0 atom stereocenters. The summed E-state index contributed by atoms with van der Waals surface area (Å²) in [5.41, 5.74) is 0. The Bertz CT molecular complexity index is 528. The van der Waals surface area contributed by atoms with Crippen LogP contribution in [-0.4, -0.2) is 59.2 Å². The van der Waals surface area contributed by atoms with E-state index >= 15 is 0 Å². The van der Waals surface area contributed by atoms with Crippen LogP contribution in [-0.2, 0) is 15.2 Å². The summed E-state index contributed by atoms with van der Waals surface area (Å²) in [7, 11) is -2.87. The van der Waals surface area contributed by atoms with Crippen LogP contribution in [0.4, 0.5) is 11.9 Å². The first kappa shape index (κ1) is 21.4. The fourth-order valence-electron chi connectivity index (χ4n) is 1.69. The maximum absolute atomic E-state index is 8.74. The lowest BCUT2D eigenvalue weighted by molar-refractivity contribution is 0.131. The first-order valence-corrected chi connectivity index (χ1v) is 8.63. The molecule has 134 valence electrons. The van der Waals surface area contributed by atoms with E-state index in [2.05, 4.69) is 33.7 Å². The van der Waals surface area contributed by atoms with E-state index in [9.17, 15) is 0 Å². The molecular weight excluding hydrogens is 326 g/mol. The summed E-state index contributed by atoms with van der Waals surface area (Å²) in [6.07, 6.45) is 3.68. The molecule has 0 unspecified atom stereocenters. The van der Waals surface area contributed by atoms with Gasteiger partial charge < -0.3 is 4.90 Å². The van der Waals surface area contributed by atoms with Gasteiger partial charge in [0.05, 0.1) is 6.61 Å². The predicted octanol–water partition coefficient (Wildman–Crippen LogP) is 1.23. The summed E-state index contributed by atoms with van der Waals surface area (Å²) in [6, 6.07) is 0. The van der Waals surface area contributed by atoms with Crippen molar-refractivity contribution in [1.82, 2.24) is 15.0 Å². The molecule has 0 aliphatic heterocycles. The SMILES string of the molecule is CCCN(CCC)c1ncnc(N(C)OCC)n1.O=S(=O)(O)O. The molecular formula is C12H25N5O5S. The van der Waals surface area contributed by atoms with Crippen LogP contribution in [0.15, 0.2) is 6.33 Å². The molecule has 1 heterocycles. The normalized spacial score (nSPS) is 10.7. The van der Waals surface area contributed by atoms with E-state index in [0.29, 0.717) is 12.6 Å². The van der Waals surface area contributed by atoms with Crippen LogP contribution in [0, 0.1) is 0 Å². The predicted molar refractivity (Wildman–Crippen MR) is 86.8 cm³/mol. The number of rotatable bonds is 8. The van der Waals surface area contributed by atoms with E-state index in [0.717, 1.165) is 31.9 Å². The fourth-order valence-corrected chi connectivity index (χ4v) is 1.69. The third-order valence-corrected chi connectivity index (χ3v) is 2.42. The largest absolute Gasteiger partial charge is 0.394 e. The van der Waals surface area contributed by atoms with Gasteiger partial charge in [-0.1, -0.05) is 13.8 Å². The summed E-state index contributed by atoms with van der Waals surface area (Å²) in [6.45, 7) is 8.73. The minimum absolute atomic E-state index is 0.541. The minimum Gasteiger partial charge on any atom is -0.341 e. The average molecular weight is 351 g/mol. The topological polar surface area (TPSA) is 129 Å². The quantitative estimate of drug-likeness (QED) is 0.521. The van der Waals surface area contributed by atoms with Gasteiger partial charge in [0, 0.05) is 20.1 Å². The third kappa shape index (κ3) is 10.7. The van der Waals surface area contributed by atoms with Gasteiger partial charge in [-0.25, -0.2) is 10.0 Å². The molecule has 10 nitrogen and oxygen atoms in total. The number of aromatic nitrogens is 3. The van der Waals surface area contributed by atoms with Crippen molar-refractivity contribution in [2.75, 3.05) is 36.7 Å². The van der Waals surface area contributed by atoms with E-state index < -0.39 is 10.4 Å². The summed E-state index contributed by atoms with van der Waals surface area (Å²) in [5, 5.41) is 1.57. The summed E-state index contributed by atoms with van der Waals surface area (Å²) in [4.78, 5) is 20.3. The molecule has 0 amide bonds. The first-order chi connectivity index (χ1) is 10.7. The molecule has 0 saturated heterocycles. The van der Waals surface area contributed by atoms with Crippen LogP contribution in [0.5, 0.6) is 0 Å². The van der Waals surface area contributed by atoms with Gasteiger partial charge in [0.25, 0.3) is 5.95 Å². The Morgan fingerprint density at radius 2 is 1.57 bits per heavy atom. The molecule has 1 aromatic heterocycles. The van der Waals surface area contributed by atoms with Gasteiger partial charge >= 0.3 is 10.4 Å². The zero-order valence-corrected chi connectivity index (χ0v) is 14.7. The highest BCUT2D eigenvalue weighted by molar-refractivity contribution is 7.79. The molecule has 0 saturated carbocycles. The zero-order valence-electron chi connectivity index (χ0n) is 13.9. The van der Waals surface area contributed by atoms with Crippen molar-refractivity contribution < 1.29 is 22.4 Å². The van der Waals surface area contributed by atoms with Crippen molar-refractivity contribution in [2.24, 2.45) is 0 Å². The average Bonchev–Trinajstić information content (AvgIpc) is 2.46. The second-order valence-corrected chi connectivity index (χ2v) is 5.33. The van der Waals surface area contributed by atoms with Gasteiger partial charge in [-0.3, -0.25) is 13.9 Å². The Hall–Kier alpha value is -1.56. The summed E-state index contributed by atoms with van der Waals surface area (Å²) in [5.74, 6) is 1.26. The van der Waals surface area contributed by atoms with Gasteiger partial charge in [-0.05, 0) is 19.8 Å². The molecule has 0 spiro atoms. The van der Waals surface area contributed by atoms with E-state index in [4.69, 9.17) is 22.4 Å². The third-order valence-electron chi connectivity index (χ3n) is 2.42. The molecule has 23 heavy (non-hydrogen) atoms. The van der Waals surface area contributed by atoms with E-state index in [-0.39, 0.29) is 0 Å². The van der Waals surface area contributed by atoms with Gasteiger partial charge in [-0.15, -0.1) is 0 Å². The molecule has 2 N–H and O–H groups in total. The van der Waals surface area contributed by atoms with Crippen LogP contribution in [0.25, 0.3) is 0 Å². The second kappa shape index (κ2) is 11.0. The highest BCUT2D eigenvalue weighted by atomic mass is 32.3. The van der Waals surface area contributed by atoms with Gasteiger partial charge in [0.2, 0.25) is 5.95 Å². The Balaban J connectivity index is 0.000000841. The molecule has 0 aliphatic carbocycles. The van der Waals surface area contributed by atoms with E-state index in [1.807, 2.05) is 6.92 Å². The number of hydrogen-bond donors (Lipinski definition) is 2. The van der Waals surface area contributed by atoms with Gasteiger partial charge in [-0.2, -0.15) is 18.4 Å². The number of nitrogens with zero attached hydrogens (tertiary/aromatic N) is 5. The number of hydrogen-bond acceptors (Lipinski definition) is 8. The van der Waals surface area contributed by atoms with Crippen LogP contribution in [0.2, 0.25) is 0 Å². The summed E-state index contributed by atoms with van der Waals surface area (Å²) < 4.78 is 31.6. The first-order valence-electron chi connectivity index (χ1n) is 7.23. The molecule has 0 aliphatic rings. The molecule has 1 aromatic rings. The highest BCUT2D eigenvalue weighted by Gasteiger charge is 2.11. The Morgan fingerprint density at radius 3 is 2.00 bits per heavy atom. The Morgan fingerprint density at radius 1 is 1.09 bits per heavy atom. The van der Waals surface area contributed by atoms with E-state index in [1.54, 1.807) is 12.1 Å². The molecule has 1 rings (SSSR count). The van der Waals surface area contributed by atoms with Crippen molar-refractivity contribution in [2.45, 2.75) is 33.6 Å². The standard InChI is InChI=1S/C12H23N5O.H2O4S/c1-5-8-17(9-6-2)12-14-10-13-11(15-12)16(4)18-7-3;1-5(2,3)4/h10H,5-9H2,1-4H3;(H2,1,2,3,4). The lowest BCUT2D eigenvalue weighted by atomic mass is 10.4. The lowest BCUT2D eigenvalue weighted by Gasteiger charge is -2.22. The Kier molecular flexibility index (Phi) is 10.3. The lowest BCUT2D eigenvalue weighted by Crippen LogP contribution is -2.28. The van der Waals surface area contributed by atoms with Crippen molar-refractivity contribution >= 4 is 22.3 Å². The number of hydroxylamine groups is 1.